The van der Waals surface area contributed by atoms with E-state index in [4.69, 9.17) is 9.47 Å². The average Bonchev–Trinajstić information content (AvgIpc) is 3.07. The molecular weight excluding hydrogens is 337 g/mol. The van der Waals surface area contributed by atoms with Crippen LogP contribution in [0.4, 0.5) is 4.39 Å². The molecule has 0 N–H and O–H groups in total. The summed E-state index contributed by atoms with van der Waals surface area (Å²) >= 11 is 0. The molecule has 1 heterocycles. The number of rotatable bonds is 4. The molecule has 1 aliphatic rings. The first-order valence-corrected chi connectivity index (χ1v) is 8.36. The highest BCUT2D eigenvalue weighted by Crippen LogP contribution is 2.27. The van der Waals surface area contributed by atoms with Crippen LogP contribution in [0.5, 0.6) is 5.75 Å². The van der Waals surface area contributed by atoms with Gasteiger partial charge in [-0.05, 0) is 31.2 Å². The number of halogens is 1. The van der Waals surface area contributed by atoms with Gasteiger partial charge in [-0.1, -0.05) is 29.8 Å². The molecule has 1 saturated heterocycles. The molecule has 6 heteroatoms. The third-order valence-electron chi connectivity index (χ3n) is 4.43. The van der Waals surface area contributed by atoms with Crippen molar-refractivity contribution < 1.29 is 23.5 Å². The Labute approximate surface area is 151 Å². The Kier molecular flexibility index (Phi) is 5.21. The van der Waals surface area contributed by atoms with Gasteiger partial charge in [0.1, 0.15) is 12.1 Å². The second-order valence-corrected chi connectivity index (χ2v) is 6.27. The Balaban J connectivity index is 1.80. The number of nitrogens with zero attached hydrogens (tertiary/aromatic N) is 1. The SMILES string of the molecule is COC(=O)C1CC(Oc2ccccc2F)CN1C(=O)c1ccc(C)cc1. The zero-order chi connectivity index (χ0) is 18.7. The van der Waals surface area contributed by atoms with Crippen LogP contribution in [-0.4, -0.2) is 42.6 Å². The molecule has 0 saturated carbocycles. The maximum Gasteiger partial charge on any atom is 0.328 e. The molecule has 3 rings (SSSR count). The lowest BCUT2D eigenvalue weighted by Crippen LogP contribution is -2.41. The summed E-state index contributed by atoms with van der Waals surface area (Å²) in [6.45, 7) is 2.11. The lowest BCUT2D eigenvalue weighted by atomic mass is 10.1. The second-order valence-electron chi connectivity index (χ2n) is 6.27. The molecule has 1 amide bonds. The Morgan fingerprint density at radius 1 is 1.12 bits per heavy atom. The zero-order valence-corrected chi connectivity index (χ0v) is 14.6. The molecule has 0 spiro atoms. The van der Waals surface area contributed by atoms with E-state index < -0.39 is 23.9 Å². The third kappa shape index (κ3) is 3.69. The highest BCUT2D eigenvalue weighted by Gasteiger charge is 2.42. The van der Waals surface area contributed by atoms with Crippen molar-refractivity contribution >= 4 is 11.9 Å². The highest BCUT2D eigenvalue weighted by atomic mass is 19.1. The zero-order valence-electron chi connectivity index (χ0n) is 14.6. The number of hydrogen-bond donors (Lipinski definition) is 0. The fraction of sp³-hybridized carbons (Fsp3) is 0.300. The van der Waals surface area contributed by atoms with Crippen molar-refractivity contribution in [3.8, 4) is 5.75 Å². The van der Waals surface area contributed by atoms with E-state index in [1.54, 1.807) is 24.3 Å². The van der Waals surface area contributed by atoms with Gasteiger partial charge in [-0.15, -0.1) is 0 Å². The van der Waals surface area contributed by atoms with E-state index in [9.17, 15) is 14.0 Å². The number of amides is 1. The fourth-order valence-corrected chi connectivity index (χ4v) is 3.05. The predicted molar refractivity (Wildman–Crippen MR) is 93.5 cm³/mol. The summed E-state index contributed by atoms with van der Waals surface area (Å²) in [5, 5.41) is 0. The first kappa shape index (κ1) is 17.9. The van der Waals surface area contributed by atoms with Crippen LogP contribution in [0, 0.1) is 12.7 Å². The molecule has 1 fully saturated rings. The number of benzene rings is 2. The van der Waals surface area contributed by atoms with Gasteiger partial charge in [-0.25, -0.2) is 9.18 Å². The van der Waals surface area contributed by atoms with Crippen LogP contribution in [0.3, 0.4) is 0 Å². The van der Waals surface area contributed by atoms with Gasteiger partial charge in [-0.2, -0.15) is 0 Å². The first-order valence-electron chi connectivity index (χ1n) is 8.36. The summed E-state index contributed by atoms with van der Waals surface area (Å²) in [4.78, 5) is 26.4. The van der Waals surface area contributed by atoms with Gasteiger partial charge in [0.25, 0.3) is 5.91 Å². The smallest absolute Gasteiger partial charge is 0.328 e. The minimum absolute atomic E-state index is 0.103. The summed E-state index contributed by atoms with van der Waals surface area (Å²) in [6, 6.07) is 12.4. The van der Waals surface area contributed by atoms with Gasteiger partial charge < -0.3 is 14.4 Å². The van der Waals surface area contributed by atoms with Crippen molar-refractivity contribution in [1.29, 1.82) is 0 Å². The van der Waals surface area contributed by atoms with Crippen molar-refractivity contribution in [2.45, 2.75) is 25.5 Å². The number of carbonyl (C=O) groups is 2. The normalized spacial score (nSPS) is 19.3. The predicted octanol–water partition coefficient (Wildman–Crippen LogP) is 2.97. The van der Waals surface area contributed by atoms with E-state index in [0.717, 1.165) is 5.56 Å². The minimum Gasteiger partial charge on any atom is -0.485 e. The molecule has 2 aromatic carbocycles. The molecule has 0 aliphatic carbocycles. The second kappa shape index (κ2) is 7.56. The molecule has 1 aliphatic heterocycles. The fourth-order valence-electron chi connectivity index (χ4n) is 3.05. The van der Waals surface area contributed by atoms with Crippen LogP contribution < -0.4 is 4.74 Å². The van der Waals surface area contributed by atoms with Crippen LogP contribution in [0.15, 0.2) is 48.5 Å². The monoisotopic (exact) mass is 357 g/mol. The molecule has 136 valence electrons. The van der Waals surface area contributed by atoms with E-state index in [1.807, 2.05) is 19.1 Å². The molecule has 0 aromatic heterocycles. The van der Waals surface area contributed by atoms with Crippen LogP contribution >= 0.6 is 0 Å². The first-order chi connectivity index (χ1) is 12.5. The van der Waals surface area contributed by atoms with Gasteiger partial charge in [0, 0.05) is 12.0 Å². The Morgan fingerprint density at radius 2 is 1.81 bits per heavy atom. The highest BCUT2D eigenvalue weighted by molar-refractivity contribution is 5.97. The lowest BCUT2D eigenvalue weighted by molar-refractivity contribution is -0.145. The van der Waals surface area contributed by atoms with E-state index in [0.29, 0.717) is 5.56 Å². The molecule has 26 heavy (non-hydrogen) atoms. The number of para-hydroxylation sites is 1. The number of carbonyl (C=O) groups excluding carboxylic acids is 2. The van der Waals surface area contributed by atoms with Crippen LogP contribution in [-0.2, 0) is 9.53 Å². The molecule has 2 unspecified atom stereocenters. The summed E-state index contributed by atoms with van der Waals surface area (Å²) < 4.78 is 24.3. The molecule has 2 aromatic rings. The van der Waals surface area contributed by atoms with E-state index in [1.165, 1.54) is 24.1 Å². The Hall–Kier alpha value is -2.89. The minimum atomic E-state index is -0.759. The van der Waals surface area contributed by atoms with Crippen LogP contribution in [0.25, 0.3) is 0 Å². The molecule has 0 radical (unpaired) electrons. The number of esters is 1. The maximum atomic E-state index is 13.8. The summed E-state index contributed by atoms with van der Waals surface area (Å²) in [7, 11) is 1.28. The summed E-state index contributed by atoms with van der Waals surface area (Å²) in [5.74, 6) is -1.17. The van der Waals surface area contributed by atoms with E-state index >= 15 is 0 Å². The quantitative estimate of drug-likeness (QED) is 0.790. The van der Waals surface area contributed by atoms with Gasteiger partial charge in [0.2, 0.25) is 0 Å². The lowest BCUT2D eigenvalue weighted by Gasteiger charge is -2.22. The molecular formula is C20H20FNO4. The number of aryl methyl sites for hydroxylation is 1. The number of methoxy groups -OCH3 is 1. The van der Waals surface area contributed by atoms with E-state index in [-0.39, 0.29) is 24.6 Å². The van der Waals surface area contributed by atoms with Crippen molar-refractivity contribution in [1.82, 2.24) is 4.90 Å². The Morgan fingerprint density at radius 3 is 2.46 bits per heavy atom. The van der Waals surface area contributed by atoms with Crippen LogP contribution in [0.2, 0.25) is 0 Å². The van der Waals surface area contributed by atoms with Gasteiger partial charge in [0.15, 0.2) is 11.6 Å². The van der Waals surface area contributed by atoms with Crippen molar-refractivity contribution in [3.05, 3.63) is 65.5 Å². The van der Waals surface area contributed by atoms with Gasteiger partial charge >= 0.3 is 5.97 Å². The number of hydrogen-bond acceptors (Lipinski definition) is 4. The molecule has 5 nitrogen and oxygen atoms in total. The van der Waals surface area contributed by atoms with Crippen molar-refractivity contribution in [2.24, 2.45) is 0 Å². The summed E-state index contributed by atoms with van der Waals surface area (Å²) in [6.07, 6.45) is -0.246. The maximum absolute atomic E-state index is 13.8. The van der Waals surface area contributed by atoms with Gasteiger partial charge in [-0.3, -0.25) is 4.79 Å². The standard InChI is InChI=1S/C20H20FNO4/c1-13-7-9-14(10-8-13)19(23)22-12-15(11-17(22)20(24)25-2)26-18-6-4-3-5-16(18)21/h3-10,15,17H,11-12H2,1-2H3. The molecule has 0 bridgehead atoms. The Bertz CT molecular complexity index is 806. The van der Waals surface area contributed by atoms with E-state index in [2.05, 4.69) is 0 Å². The van der Waals surface area contributed by atoms with Gasteiger partial charge in [0.05, 0.1) is 13.7 Å². The van der Waals surface area contributed by atoms with Crippen LogP contribution in [0.1, 0.15) is 22.3 Å². The largest absolute Gasteiger partial charge is 0.485 e. The third-order valence-corrected chi connectivity index (χ3v) is 4.43. The number of ether oxygens (including phenoxy) is 2. The number of likely N-dealkylation sites (tertiary alicyclic amines) is 1. The topological polar surface area (TPSA) is 55.8 Å². The summed E-state index contributed by atoms with van der Waals surface area (Å²) in [5.41, 5.74) is 1.52. The molecule has 2 atom stereocenters. The van der Waals surface area contributed by atoms with Crippen molar-refractivity contribution in [2.75, 3.05) is 13.7 Å². The van der Waals surface area contributed by atoms with Crippen molar-refractivity contribution in [3.63, 3.8) is 0 Å². The average molecular weight is 357 g/mol.